The number of ether oxygens (including phenoxy) is 2. The van der Waals surface area contributed by atoms with Gasteiger partial charge in [0.15, 0.2) is 0 Å². The molecule has 0 saturated heterocycles. The first-order valence-corrected chi connectivity index (χ1v) is 13.7. The van der Waals surface area contributed by atoms with Gasteiger partial charge in [0.2, 0.25) is 11.1 Å². The fraction of sp³-hybridized carbons (Fsp3) is 0.207. The number of nitrogens with zero attached hydrogens (tertiary/aromatic N) is 3. The third-order valence-corrected chi connectivity index (χ3v) is 7.77. The van der Waals surface area contributed by atoms with Crippen LogP contribution in [-0.2, 0) is 10.5 Å². The number of rotatable bonds is 8. The van der Waals surface area contributed by atoms with E-state index in [1.54, 1.807) is 18.9 Å². The van der Waals surface area contributed by atoms with Gasteiger partial charge in [-0.3, -0.25) is 4.79 Å². The molecule has 0 fully saturated rings. The van der Waals surface area contributed by atoms with Crippen molar-refractivity contribution in [3.05, 3.63) is 99.7 Å². The van der Waals surface area contributed by atoms with E-state index in [9.17, 15) is 4.79 Å². The Kier molecular flexibility index (Phi) is 7.81. The van der Waals surface area contributed by atoms with Crippen LogP contribution < -0.4 is 20.1 Å². The van der Waals surface area contributed by atoms with Crippen LogP contribution in [0.3, 0.4) is 0 Å². The van der Waals surface area contributed by atoms with E-state index in [0.717, 1.165) is 22.4 Å². The Morgan fingerprint density at radius 3 is 2.59 bits per heavy atom. The van der Waals surface area contributed by atoms with Crippen LogP contribution in [0, 0.1) is 6.92 Å². The van der Waals surface area contributed by atoms with Crippen molar-refractivity contribution in [3.8, 4) is 11.5 Å². The zero-order valence-electron chi connectivity index (χ0n) is 22.0. The smallest absolute Gasteiger partial charge is 0.255 e. The van der Waals surface area contributed by atoms with Crippen LogP contribution in [0.4, 0.5) is 11.6 Å². The van der Waals surface area contributed by atoms with E-state index >= 15 is 0 Å². The predicted octanol–water partition coefficient (Wildman–Crippen LogP) is 6.48. The van der Waals surface area contributed by atoms with Gasteiger partial charge in [0, 0.05) is 27.7 Å². The molecule has 1 aliphatic rings. The minimum atomic E-state index is -0.627. The lowest BCUT2D eigenvalue weighted by Gasteiger charge is -2.29. The van der Waals surface area contributed by atoms with E-state index in [0.29, 0.717) is 44.6 Å². The van der Waals surface area contributed by atoms with Gasteiger partial charge in [-0.05, 0) is 55.3 Å². The van der Waals surface area contributed by atoms with Gasteiger partial charge in [-0.15, -0.1) is 5.10 Å². The van der Waals surface area contributed by atoms with Crippen LogP contribution in [0.1, 0.15) is 29.7 Å². The number of hydrogen-bond donors (Lipinski definition) is 2. The number of nitrogens with one attached hydrogen (secondary N) is 2. The maximum atomic E-state index is 13.9. The molecular formula is C29H28ClN5O3S. The minimum absolute atomic E-state index is 0.254. The quantitative estimate of drug-likeness (QED) is 0.238. The van der Waals surface area contributed by atoms with Crippen LogP contribution >= 0.6 is 23.4 Å². The molecule has 8 nitrogen and oxygen atoms in total. The Labute approximate surface area is 236 Å². The van der Waals surface area contributed by atoms with Crippen LogP contribution in [0.2, 0.25) is 5.02 Å². The number of allylic oxidation sites excluding steroid dienone is 1. The predicted molar refractivity (Wildman–Crippen MR) is 155 cm³/mol. The zero-order chi connectivity index (χ0) is 27.5. The van der Waals surface area contributed by atoms with Crippen molar-refractivity contribution in [1.29, 1.82) is 0 Å². The number of aromatic nitrogens is 3. The number of thioether (sulfide) groups is 1. The molecule has 1 amide bonds. The number of carbonyl (C=O) groups is 1. The summed E-state index contributed by atoms with van der Waals surface area (Å²) >= 11 is 7.83. The van der Waals surface area contributed by atoms with Gasteiger partial charge < -0.3 is 20.1 Å². The summed E-state index contributed by atoms with van der Waals surface area (Å²) in [5.74, 6) is 2.11. The molecular weight excluding hydrogens is 534 g/mol. The minimum Gasteiger partial charge on any atom is -0.497 e. The van der Waals surface area contributed by atoms with Crippen molar-refractivity contribution < 1.29 is 14.3 Å². The number of fused-ring (bicyclic) bond motifs is 1. The summed E-state index contributed by atoms with van der Waals surface area (Å²) in [4.78, 5) is 18.6. The highest BCUT2D eigenvalue weighted by molar-refractivity contribution is 7.98. The van der Waals surface area contributed by atoms with E-state index in [-0.39, 0.29) is 5.91 Å². The van der Waals surface area contributed by atoms with Gasteiger partial charge in [0.25, 0.3) is 5.91 Å². The number of amides is 1. The molecule has 3 aromatic carbocycles. The Morgan fingerprint density at radius 1 is 1.08 bits per heavy atom. The topological polar surface area (TPSA) is 90.3 Å². The SMILES string of the molecule is COc1ccc(OC)c(C2C(C(=O)Nc3ccccc3C)=C(C)Nc3nc(SCc4ccccc4Cl)nn32)c1. The number of methoxy groups -OCH3 is 2. The van der Waals surface area contributed by atoms with Crippen LogP contribution in [-0.4, -0.2) is 34.9 Å². The van der Waals surface area contributed by atoms with E-state index < -0.39 is 6.04 Å². The van der Waals surface area contributed by atoms with Crippen molar-refractivity contribution in [2.24, 2.45) is 0 Å². The molecule has 1 atom stereocenters. The monoisotopic (exact) mass is 561 g/mol. The van der Waals surface area contributed by atoms with E-state index in [4.69, 9.17) is 31.2 Å². The molecule has 4 aromatic rings. The van der Waals surface area contributed by atoms with Gasteiger partial charge >= 0.3 is 0 Å². The maximum Gasteiger partial charge on any atom is 0.255 e. The molecule has 0 saturated carbocycles. The highest BCUT2D eigenvalue weighted by atomic mass is 35.5. The summed E-state index contributed by atoms with van der Waals surface area (Å²) in [6.07, 6.45) is 0. The molecule has 0 aliphatic carbocycles. The third kappa shape index (κ3) is 5.46. The Bertz CT molecular complexity index is 1570. The van der Waals surface area contributed by atoms with Crippen LogP contribution in [0.5, 0.6) is 11.5 Å². The van der Waals surface area contributed by atoms with Gasteiger partial charge in [-0.1, -0.05) is 59.8 Å². The van der Waals surface area contributed by atoms with Crippen molar-refractivity contribution in [2.45, 2.75) is 30.8 Å². The molecule has 0 radical (unpaired) electrons. The van der Waals surface area contributed by atoms with E-state index in [2.05, 4.69) is 10.6 Å². The van der Waals surface area contributed by atoms with Gasteiger partial charge in [0.05, 0.1) is 19.8 Å². The number of carbonyl (C=O) groups excluding carboxylic acids is 1. The first-order chi connectivity index (χ1) is 18.9. The number of benzene rings is 3. The summed E-state index contributed by atoms with van der Waals surface area (Å²) < 4.78 is 13.0. The molecule has 5 rings (SSSR count). The second-order valence-corrected chi connectivity index (χ2v) is 10.3. The lowest BCUT2D eigenvalue weighted by molar-refractivity contribution is -0.113. The molecule has 2 heterocycles. The molecule has 1 aromatic heterocycles. The average molecular weight is 562 g/mol. The first-order valence-electron chi connectivity index (χ1n) is 12.3. The van der Waals surface area contributed by atoms with E-state index in [1.807, 2.05) is 80.6 Å². The highest BCUT2D eigenvalue weighted by Crippen LogP contribution is 2.42. The lowest BCUT2D eigenvalue weighted by atomic mass is 9.94. The first kappa shape index (κ1) is 26.6. The fourth-order valence-electron chi connectivity index (χ4n) is 4.49. The number of halogens is 1. The summed E-state index contributed by atoms with van der Waals surface area (Å²) in [5.41, 5.74) is 4.57. The maximum absolute atomic E-state index is 13.9. The average Bonchev–Trinajstić information content (AvgIpc) is 3.35. The summed E-state index contributed by atoms with van der Waals surface area (Å²) in [6, 6.07) is 20.2. The largest absolute Gasteiger partial charge is 0.497 e. The zero-order valence-corrected chi connectivity index (χ0v) is 23.6. The molecule has 39 heavy (non-hydrogen) atoms. The van der Waals surface area contributed by atoms with Gasteiger partial charge in [-0.25, -0.2) is 4.68 Å². The van der Waals surface area contributed by atoms with Gasteiger partial charge in [-0.2, -0.15) is 4.98 Å². The Hall–Kier alpha value is -3.95. The van der Waals surface area contributed by atoms with Crippen LogP contribution in [0.15, 0.2) is 83.2 Å². The van der Waals surface area contributed by atoms with Crippen molar-refractivity contribution in [1.82, 2.24) is 14.8 Å². The molecule has 2 N–H and O–H groups in total. The second-order valence-electron chi connectivity index (χ2n) is 8.99. The number of hydrogen-bond acceptors (Lipinski definition) is 7. The summed E-state index contributed by atoms with van der Waals surface area (Å²) in [7, 11) is 3.20. The van der Waals surface area contributed by atoms with Crippen LogP contribution in [0.25, 0.3) is 0 Å². The molecule has 10 heteroatoms. The standard InChI is InChI=1S/C29H28ClN5O3S/c1-17-9-5-8-12-23(17)32-27(36)25-18(2)31-28-33-29(39-16-19-10-6-7-11-22(19)30)34-35(28)26(25)21-15-20(37-3)13-14-24(21)38-4/h5-15,26H,16H2,1-4H3,(H,32,36)(H,31,33,34). The van der Waals surface area contributed by atoms with Crippen molar-refractivity contribution in [2.75, 3.05) is 24.9 Å². The molecule has 200 valence electrons. The fourth-order valence-corrected chi connectivity index (χ4v) is 5.60. The number of aryl methyl sites for hydroxylation is 1. The van der Waals surface area contributed by atoms with E-state index in [1.165, 1.54) is 11.8 Å². The normalized spacial score (nSPS) is 14.4. The van der Waals surface area contributed by atoms with Gasteiger partial charge in [0.1, 0.15) is 17.5 Å². The number of para-hydroxylation sites is 1. The third-order valence-electron chi connectivity index (χ3n) is 6.52. The highest BCUT2D eigenvalue weighted by Gasteiger charge is 2.36. The molecule has 1 unspecified atom stereocenters. The summed E-state index contributed by atoms with van der Waals surface area (Å²) in [6.45, 7) is 3.82. The Balaban J connectivity index is 1.57. The number of anilines is 2. The Morgan fingerprint density at radius 2 is 1.85 bits per heavy atom. The molecule has 1 aliphatic heterocycles. The molecule has 0 spiro atoms. The lowest BCUT2D eigenvalue weighted by Crippen LogP contribution is -2.32. The second kappa shape index (κ2) is 11.4. The summed E-state index contributed by atoms with van der Waals surface area (Å²) in [5, 5.41) is 12.4. The molecule has 0 bridgehead atoms. The van der Waals surface area contributed by atoms with Crippen molar-refractivity contribution >= 4 is 40.9 Å². The van der Waals surface area contributed by atoms with Crippen molar-refractivity contribution in [3.63, 3.8) is 0 Å².